The van der Waals surface area contributed by atoms with E-state index in [1.54, 1.807) is 0 Å². The Bertz CT molecular complexity index is 1160. The lowest BCUT2D eigenvalue weighted by molar-refractivity contribution is -0.306. The first-order valence-electron chi connectivity index (χ1n) is 17.0. The van der Waals surface area contributed by atoms with Crippen LogP contribution in [0.4, 0.5) is 0 Å². The molecule has 44 heavy (non-hydrogen) atoms. The molecule has 5 fully saturated rings. The molecule has 6 rings (SSSR count). The Morgan fingerprint density at radius 1 is 0.795 bits per heavy atom. The van der Waals surface area contributed by atoms with Crippen LogP contribution < -0.4 is 0 Å². The van der Waals surface area contributed by atoms with E-state index in [1.165, 1.54) is 5.57 Å². The van der Waals surface area contributed by atoms with Crippen molar-refractivity contribution in [3.63, 3.8) is 0 Å². The highest BCUT2D eigenvalue weighted by Gasteiger charge is 2.72. The molecule has 4 saturated carbocycles. The highest BCUT2D eigenvalue weighted by atomic mass is 16.7. The van der Waals surface area contributed by atoms with Gasteiger partial charge in [0.2, 0.25) is 0 Å². The number of hydrogen-bond donors (Lipinski definition) is 7. The van der Waals surface area contributed by atoms with Crippen molar-refractivity contribution in [2.24, 2.45) is 50.2 Å². The zero-order valence-corrected chi connectivity index (χ0v) is 27.7. The predicted octanol–water partition coefficient (Wildman–Crippen LogP) is 2.52. The van der Waals surface area contributed by atoms with E-state index in [0.717, 1.165) is 32.1 Å². The topological polar surface area (TPSA) is 160 Å². The summed E-state index contributed by atoms with van der Waals surface area (Å²) in [5, 5.41) is 77.5. The van der Waals surface area contributed by atoms with Crippen molar-refractivity contribution in [2.75, 3.05) is 13.2 Å². The van der Waals surface area contributed by atoms with Gasteiger partial charge in [-0.15, -0.1) is 0 Å². The monoisotopic (exact) mass is 622 g/mol. The van der Waals surface area contributed by atoms with Crippen LogP contribution in [0, 0.1) is 50.2 Å². The summed E-state index contributed by atoms with van der Waals surface area (Å²) in [5.41, 5.74) is -1.27. The second-order valence-corrected chi connectivity index (χ2v) is 17.7. The van der Waals surface area contributed by atoms with Crippen LogP contribution in [0.25, 0.3) is 0 Å². The minimum absolute atomic E-state index is 0.0464. The minimum atomic E-state index is -1.50. The van der Waals surface area contributed by atoms with Gasteiger partial charge in [-0.05, 0) is 89.8 Å². The Kier molecular flexibility index (Phi) is 7.90. The third-order valence-electron chi connectivity index (χ3n) is 15.1. The van der Waals surface area contributed by atoms with Gasteiger partial charge in [-0.3, -0.25) is 0 Å². The Labute approximate surface area is 262 Å². The largest absolute Gasteiger partial charge is 0.393 e. The standard InChI is InChI=1S/C35H58O9/c1-30(2)14-19-18-8-9-22-32(5)12-11-23(37)31(3,4)21(32)10-13-33(22,6)34(18,7)15-24(38)35(19,28(42)27(30)41)17-44-29-26(40)25(39)20(36)16-43-29/h8,19-29,36-42H,9-17H2,1-7H3/t19-,20+,21-,22+,23-,24+,25-,26+,27-,28-,29-,32-,33+,34+,35-/m0/s1. The van der Waals surface area contributed by atoms with Crippen LogP contribution in [0.15, 0.2) is 11.6 Å². The van der Waals surface area contributed by atoms with Crippen molar-refractivity contribution in [2.45, 2.75) is 142 Å². The van der Waals surface area contributed by atoms with Gasteiger partial charge in [-0.25, -0.2) is 0 Å². The third kappa shape index (κ3) is 4.22. The lowest BCUT2D eigenvalue weighted by Gasteiger charge is -2.72. The van der Waals surface area contributed by atoms with Gasteiger partial charge < -0.3 is 45.2 Å². The van der Waals surface area contributed by atoms with Crippen LogP contribution in [0.2, 0.25) is 0 Å². The first-order chi connectivity index (χ1) is 20.3. The number of hydrogen-bond acceptors (Lipinski definition) is 9. The van der Waals surface area contributed by atoms with Crippen molar-refractivity contribution in [3.8, 4) is 0 Å². The van der Waals surface area contributed by atoms with Gasteiger partial charge in [0.1, 0.15) is 18.3 Å². The minimum Gasteiger partial charge on any atom is -0.393 e. The molecule has 5 aliphatic carbocycles. The molecule has 0 aromatic heterocycles. The van der Waals surface area contributed by atoms with Gasteiger partial charge in [0.25, 0.3) is 0 Å². The highest BCUT2D eigenvalue weighted by molar-refractivity contribution is 5.36. The average molecular weight is 623 g/mol. The summed E-state index contributed by atoms with van der Waals surface area (Å²) in [7, 11) is 0. The maximum atomic E-state index is 12.3. The number of fused-ring (bicyclic) bond motifs is 7. The van der Waals surface area contributed by atoms with Crippen LogP contribution in [-0.2, 0) is 9.47 Å². The number of rotatable bonds is 3. The molecule has 1 aliphatic heterocycles. The normalized spacial score (nSPS) is 56.4. The number of allylic oxidation sites excluding steroid dienone is 2. The Morgan fingerprint density at radius 2 is 1.48 bits per heavy atom. The van der Waals surface area contributed by atoms with E-state index in [-0.39, 0.29) is 46.9 Å². The van der Waals surface area contributed by atoms with E-state index >= 15 is 0 Å². The molecule has 1 heterocycles. The second-order valence-electron chi connectivity index (χ2n) is 17.7. The molecule has 0 aromatic carbocycles. The van der Waals surface area contributed by atoms with Crippen LogP contribution in [0.1, 0.15) is 93.4 Å². The van der Waals surface area contributed by atoms with Gasteiger partial charge in [-0.1, -0.05) is 60.1 Å². The van der Waals surface area contributed by atoms with Gasteiger partial charge in [0, 0.05) is 0 Å². The van der Waals surface area contributed by atoms with E-state index < -0.39 is 53.7 Å². The molecular formula is C35H58O9. The summed E-state index contributed by atoms with van der Waals surface area (Å²) in [6, 6.07) is 0. The summed E-state index contributed by atoms with van der Waals surface area (Å²) in [5.74, 6) is 0.475. The quantitative estimate of drug-likeness (QED) is 0.235. The van der Waals surface area contributed by atoms with Crippen LogP contribution in [0.3, 0.4) is 0 Å². The van der Waals surface area contributed by atoms with E-state index in [2.05, 4.69) is 40.7 Å². The molecule has 0 bridgehead atoms. The van der Waals surface area contributed by atoms with Gasteiger partial charge in [0.15, 0.2) is 6.29 Å². The van der Waals surface area contributed by atoms with E-state index in [0.29, 0.717) is 24.7 Å². The van der Waals surface area contributed by atoms with Gasteiger partial charge in [-0.2, -0.15) is 0 Å². The first kappa shape index (κ1) is 33.3. The first-order valence-corrected chi connectivity index (χ1v) is 17.0. The molecule has 9 heteroatoms. The molecule has 15 atom stereocenters. The molecule has 0 spiro atoms. The Morgan fingerprint density at radius 3 is 2.16 bits per heavy atom. The molecule has 0 radical (unpaired) electrons. The zero-order chi connectivity index (χ0) is 32.4. The molecule has 0 aromatic rings. The molecule has 6 aliphatic rings. The van der Waals surface area contributed by atoms with Crippen molar-refractivity contribution in [1.29, 1.82) is 0 Å². The molecule has 9 nitrogen and oxygen atoms in total. The lowest BCUT2D eigenvalue weighted by Crippen LogP contribution is -2.72. The predicted molar refractivity (Wildman–Crippen MR) is 163 cm³/mol. The summed E-state index contributed by atoms with van der Waals surface area (Å²) in [6.07, 6.45) is -1.15. The maximum Gasteiger partial charge on any atom is 0.186 e. The van der Waals surface area contributed by atoms with Gasteiger partial charge >= 0.3 is 0 Å². The van der Waals surface area contributed by atoms with Crippen molar-refractivity contribution in [3.05, 3.63) is 11.6 Å². The number of ether oxygens (including phenoxy) is 2. The van der Waals surface area contributed by atoms with Crippen molar-refractivity contribution >= 4 is 0 Å². The fourth-order valence-corrected chi connectivity index (χ4v) is 12.0. The molecule has 0 unspecified atom stereocenters. The maximum absolute atomic E-state index is 12.3. The molecular weight excluding hydrogens is 564 g/mol. The lowest BCUT2D eigenvalue weighted by atomic mass is 9.33. The molecule has 0 amide bonds. The fourth-order valence-electron chi connectivity index (χ4n) is 12.0. The van der Waals surface area contributed by atoms with E-state index in [9.17, 15) is 35.7 Å². The SMILES string of the molecule is CC1(C)C[C@H]2C3=CC[C@@H]4[C@@]5(C)CC[C@H](O)C(C)(C)[C@@H]5CC[C@@]4(C)[C@]3(C)C[C@@H](O)[C@@]2(CO[C@@H]2OC[C@@H](O)[C@H](O)[C@H]2O)[C@@H](O)[C@@H]1O. The number of aliphatic hydroxyl groups excluding tert-OH is 7. The van der Waals surface area contributed by atoms with Crippen LogP contribution >= 0.6 is 0 Å². The van der Waals surface area contributed by atoms with Crippen LogP contribution in [0.5, 0.6) is 0 Å². The average Bonchev–Trinajstić information content (AvgIpc) is 2.94. The Balaban J connectivity index is 1.40. The van der Waals surface area contributed by atoms with Crippen molar-refractivity contribution < 1.29 is 45.2 Å². The van der Waals surface area contributed by atoms with Crippen LogP contribution in [-0.4, -0.2) is 98.0 Å². The Hall–Kier alpha value is -0.620. The summed E-state index contributed by atoms with van der Waals surface area (Å²) >= 11 is 0. The molecule has 252 valence electrons. The third-order valence-corrected chi connectivity index (χ3v) is 15.1. The second kappa shape index (κ2) is 10.4. The smallest absolute Gasteiger partial charge is 0.186 e. The number of aliphatic hydroxyl groups is 7. The molecule has 7 N–H and O–H groups in total. The van der Waals surface area contributed by atoms with E-state index in [1.807, 2.05) is 13.8 Å². The van der Waals surface area contributed by atoms with Crippen molar-refractivity contribution in [1.82, 2.24) is 0 Å². The molecule has 1 saturated heterocycles. The zero-order valence-electron chi connectivity index (χ0n) is 27.7. The van der Waals surface area contributed by atoms with E-state index in [4.69, 9.17) is 9.47 Å². The summed E-state index contributed by atoms with van der Waals surface area (Å²) < 4.78 is 11.6. The fraction of sp³-hybridized carbons (Fsp3) is 0.943. The summed E-state index contributed by atoms with van der Waals surface area (Å²) in [4.78, 5) is 0. The summed E-state index contributed by atoms with van der Waals surface area (Å²) in [6.45, 7) is 15.2. The van der Waals surface area contributed by atoms with Gasteiger partial charge in [0.05, 0.1) is 43.0 Å². The highest BCUT2D eigenvalue weighted by Crippen LogP contribution is 2.75.